The van der Waals surface area contributed by atoms with E-state index in [1.807, 2.05) is 51.1 Å². The molecule has 2 aliphatic heterocycles. The lowest BCUT2D eigenvalue weighted by Gasteiger charge is -2.36. The minimum Gasteiger partial charge on any atom is -0.494 e. The predicted molar refractivity (Wildman–Crippen MR) is 191 cm³/mol. The van der Waals surface area contributed by atoms with E-state index in [9.17, 15) is 4.79 Å². The third-order valence-corrected chi connectivity index (χ3v) is 9.71. The first-order valence-corrected chi connectivity index (χ1v) is 17.6. The van der Waals surface area contributed by atoms with Crippen molar-refractivity contribution in [2.75, 3.05) is 64.1 Å². The summed E-state index contributed by atoms with van der Waals surface area (Å²) >= 11 is 12.6. The molecule has 2 aromatic carbocycles. The van der Waals surface area contributed by atoms with E-state index < -0.39 is 0 Å². The number of amides is 1. The molecule has 0 atom stereocenters. The first kappa shape index (κ1) is 37.8. The Labute approximate surface area is 287 Å². The number of hydrogen-bond acceptors (Lipinski definition) is 7. The summed E-state index contributed by atoms with van der Waals surface area (Å²) in [5, 5.41) is 1.24. The molecule has 46 heavy (non-hydrogen) atoms. The Morgan fingerprint density at radius 3 is 2.46 bits per heavy atom. The second kappa shape index (κ2) is 18.6. The van der Waals surface area contributed by atoms with Gasteiger partial charge >= 0.3 is 6.09 Å². The number of fused-ring (bicyclic) bond motifs is 1. The maximum absolute atomic E-state index is 12.6. The molecule has 0 saturated carbocycles. The summed E-state index contributed by atoms with van der Waals surface area (Å²) in [6, 6.07) is 11.9. The number of aliphatic imine (C=N–C) groups is 1. The van der Waals surface area contributed by atoms with E-state index in [2.05, 4.69) is 48.6 Å². The Balaban J connectivity index is 0.00000282. The molecular formula is C36H54Cl2N4O4. The lowest BCUT2D eigenvalue weighted by Crippen LogP contribution is -2.46. The van der Waals surface area contributed by atoms with Crippen LogP contribution in [0, 0.1) is 11.3 Å². The second-order valence-electron chi connectivity index (χ2n) is 12.6. The lowest BCUT2D eigenvalue weighted by molar-refractivity contribution is 0.0192. The molecule has 1 fully saturated rings. The monoisotopic (exact) mass is 676 g/mol. The van der Waals surface area contributed by atoms with Crippen LogP contribution in [0.3, 0.4) is 0 Å². The number of ether oxygens (including phenoxy) is 3. The number of piperazine rings is 1. The molecule has 0 unspecified atom stereocenters. The van der Waals surface area contributed by atoms with Gasteiger partial charge in [-0.2, -0.15) is 0 Å². The molecule has 10 heteroatoms. The van der Waals surface area contributed by atoms with Gasteiger partial charge in [-0.25, -0.2) is 9.79 Å². The number of anilines is 1. The Morgan fingerprint density at radius 2 is 1.76 bits per heavy atom. The summed E-state index contributed by atoms with van der Waals surface area (Å²) in [7, 11) is 0. The minimum atomic E-state index is -0.363. The molecule has 0 spiro atoms. The Kier molecular flexibility index (Phi) is 15.3. The highest BCUT2D eigenvalue weighted by molar-refractivity contribution is 6.43. The van der Waals surface area contributed by atoms with Crippen LogP contribution in [0.25, 0.3) is 0 Å². The summed E-state index contributed by atoms with van der Waals surface area (Å²) in [5.41, 5.74) is 3.02. The van der Waals surface area contributed by atoms with Gasteiger partial charge in [-0.15, -0.1) is 0 Å². The van der Waals surface area contributed by atoms with Crippen molar-refractivity contribution in [3.63, 3.8) is 0 Å². The van der Waals surface area contributed by atoms with Gasteiger partial charge in [0, 0.05) is 51.8 Å². The molecule has 0 aromatic heterocycles. The largest absolute Gasteiger partial charge is 0.494 e. The third-order valence-electron chi connectivity index (χ3n) is 8.90. The molecule has 0 aliphatic carbocycles. The van der Waals surface area contributed by atoms with E-state index in [1.54, 1.807) is 4.90 Å². The van der Waals surface area contributed by atoms with Crippen molar-refractivity contribution in [2.45, 2.75) is 74.1 Å². The zero-order valence-corrected chi connectivity index (χ0v) is 30.4. The first-order chi connectivity index (χ1) is 22.1. The van der Waals surface area contributed by atoms with E-state index in [1.165, 1.54) is 0 Å². The van der Waals surface area contributed by atoms with Gasteiger partial charge in [-0.1, -0.05) is 76.9 Å². The number of halogens is 2. The molecule has 0 N–H and O–H groups in total. The van der Waals surface area contributed by atoms with Gasteiger partial charge in [0.25, 0.3) is 0 Å². The van der Waals surface area contributed by atoms with Gasteiger partial charge < -0.3 is 24.0 Å². The summed E-state index contributed by atoms with van der Waals surface area (Å²) in [6.07, 6.45) is 3.18. The minimum absolute atomic E-state index is 0.00294. The van der Waals surface area contributed by atoms with Gasteiger partial charge in [0.15, 0.2) is 5.90 Å². The smallest absolute Gasteiger partial charge is 0.412 e. The van der Waals surface area contributed by atoms with Crippen molar-refractivity contribution >= 4 is 46.6 Å². The number of aryl methyl sites for hydroxylation is 1. The van der Waals surface area contributed by atoms with Crippen molar-refractivity contribution in [3.8, 4) is 5.75 Å². The van der Waals surface area contributed by atoms with Crippen molar-refractivity contribution in [3.05, 3.63) is 52.0 Å². The molecule has 256 valence electrons. The molecule has 1 saturated heterocycles. The third kappa shape index (κ3) is 11.0. The van der Waals surface area contributed by atoms with Gasteiger partial charge in [-0.05, 0) is 67.8 Å². The molecule has 0 radical (unpaired) electrons. The number of carbonyl (C=O) groups excluding carboxylic acids is 1. The highest BCUT2D eigenvalue weighted by Crippen LogP contribution is 2.33. The Hall–Kier alpha value is -2.68. The fraction of sp³-hybridized carbons (Fsp3) is 0.611. The number of nitrogens with zero attached hydrogens (tertiary/aromatic N) is 4. The van der Waals surface area contributed by atoms with E-state index in [0.29, 0.717) is 48.0 Å². The maximum atomic E-state index is 12.6. The predicted octanol–water partition coefficient (Wildman–Crippen LogP) is 9.09. The van der Waals surface area contributed by atoms with Gasteiger partial charge in [0.05, 0.1) is 28.0 Å². The standard InChI is InChI=1S/C34H48Cl2N4O4.C2H6/c1-6-39(23-34(4,5)25(2)3)33(41)44-24-43-31-15-13-26-12-14-27(22-29(26)37-31)42-21-8-7-16-38-17-19-40(20-18-38)30-11-9-10-28(35)32(30)36;1-2/h9-12,14,22,25H,6-8,13,15-21,23-24H2,1-5H3;1-2H3. The summed E-state index contributed by atoms with van der Waals surface area (Å²) < 4.78 is 17.3. The van der Waals surface area contributed by atoms with Crippen molar-refractivity contribution in [1.29, 1.82) is 0 Å². The molecular weight excluding hydrogens is 623 g/mol. The van der Waals surface area contributed by atoms with Crippen molar-refractivity contribution in [2.24, 2.45) is 16.3 Å². The molecule has 8 nitrogen and oxygen atoms in total. The van der Waals surface area contributed by atoms with E-state index in [4.69, 9.17) is 37.4 Å². The van der Waals surface area contributed by atoms with Gasteiger partial charge in [-0.3, -0.25) is 4.90 Å². The SMILES string of the molecule is CC.CCN(CC(C)(C)C(C)C)C(=O)OCOC1=Nc2cc(OCCCCN3CCN(c4cccc(Cl)c4Cl)CC3)ccc2CC1. The van der Waals surface area contributed by atoms with E-state index in [-0.39, 0.29) is 18.3 Å². The molecule has 4 rings (SSSR count). The summed E-state index contributed by atoms with van der Waals surface area (Å²) in [4.78, 5) is 23.8. The zero-order valence-electron chi connectivity index (χ0n) is 28.9. The Bertz CT molecular complexity index is 1280. The topological polar surface area (TPSA) is 66.8 Å². The van der Waals surface area contributed by atoms with Crippen LogP contribution < -0.4 is 9.64 Å². The van der Waals surface area contributed by atoms with E-state index >= 15 is 0 Å². The fourth-order valence-corrected chi connectivity index (χ4v) is 5.70. The number of carbonyl (C=O) groups is 1. The lowest BCUT2D eigenvalue weighted by atomic mass is 9.81. The molecule has 0 bridgehead atoms. The Morgan fingerprint density at radius 1 is 1.02 bits per heavy atom. The number of rotatable bonds is 13. The highest BCUT2D eigenvalue weighted by Gasteiger charge is 2.28. The average molecular weight is 678 g/mol. The average Bonchev–Trinajstić information content (AvgIpc) is 3.05. The fourth-order valence-electron chi connectivity index (χ4n) is 5.28. The first-order valence-electron chi connectivity index (χ1n) is 16.9. The second-order valence-corrected chi connectivity index (χ2v) is 13.4. The van der Waals surface area contributed by atoms with Crippen LogP contribution in [0.5, 0.6) is 5.75 Å². The van der Waals surface area contributed by atoms with Crippen LogP contribution in [-0.2, 0) is 15.9 Å². The van der Waals surface area contributed by atoms with Crippen LogP contribution in [0.1, 0.15) is 73.3 Å². The van der Waals surface area contributed by atoms with Crippen LogP contribution in [-0.4, -0.2) is 81.0 Å². The normalized spacial score (nSPS) is 15.0. The van der Waals surface area contributed by atoms with Gasteiger partial charge in [0.2, 0.25) is 6.79 Å². The van der Waals surface area contributed by atoms with Crippen molar-refractivity contribution in [1.82, 2.24) is 9.80 Å². The molecule has 2 aromatic rings. The zero-order chi connectivity index (χ0) is 33.7. The van der Waals surface area contributed by atoms with Crippen LogP contribution in [0.2, 0.25) is 10.0 Å². The van der Waals surface area contributed by atoms with Crippen molar-refractivity contribution < 1.29 is 19.0 Å². The molecule has 2 aliphatic rings. The quantitative estimate of drug-likeness (QED) is 0.156. The maximum Gasteiger partial charge on any atom is 0.412 e. The molecule has 2 heterocycles. The number of benzene rings is 2. The molecule has 1 amide bonds. The van der Waals surface area contributed by atoms with E-state index in [0.717, 1.165) is 74.7 Å². The van der Waals surface area contributed by atoms with Crippen LogP contribution in [0.15, 0.2) is 41.4 Å². The van der Waals surface area contributed by atoms with Crippen LogP contribution in [0.4, 0.5) is 16.2 Å². The summed E-state index contributed by atoms with van der Waals surface area (Å²) in [6.45, 7) is 21.3. The number of unbranched alkanes of at least 4 members (excludes halogenated alkanes) is 1. The summed E-state index contributed by atoms with van der Waals surface area (Å²) in [5.74, 6) is 1.82. The van der Waals surface area contributed by atoms with Crippen LogP contribution >= 0.6 is 23.2 Å². The number of hydrogen-bond donors (Lipinski definition) is 0. The van der Waals surface area contributed by atoms with Gasteiger partial charge in [0.1, 0.15) is 5.75 Å². The highest BCUT2D eigenvalue weighted by atomic mass is 35.5.